The van der Waals surface area contributed by atoms with Crippen LogP contribution in [0.1, 0.15) is 5.56 Å². The van der Waals surface area contributed by atoms with Crippen molar-refractivity contribution in [3.05, 3.63) is 41.6 Å². The van der Waals surface area contributed by atoms with Gasteiger partial charge in [-0.3, -0.25) is 0 Å². The second kappa shape index (κ2) is 4.32. The van der Waals surface area contributed by atoms with Gasteiger partial charge in [-0.25, -0.2) is 9.37 Å². The van der Waals surface area contributed by atoms with Crippen molar-refractivity contribution < 1.29 is 13.5 Å². The highest BCUT2D eigenvalue weighted by Gasteiger charge is 2.12. The molecular formula is C11H9F2N3O. The number of halogens is 2. The van der Waals surface area contributed by atoms with Crippen molar-refractivity contribution in [1.29, 1.82) is 0 Å². The molecule has 17 heavy (non-hydrogen) atoms. The molecule has 0 aliphatic carbocycles. The maximum absolute atomic E-state index is 13.6. The topological polar surface area (TPSA) is 61.0 Å². The van der Waals surface area contributed by atoms with Gasteiger partial charge in [0.15, 0.2) is 11.6 Å². The van der Waals surface area contributed by atoms with Crippen LogP contribution < -0.4 is 10.5 Å². The Morgan fingerprint density at radius 3 is 2.82 bits per heavy atom. The van der Waals surface area contributed by atoms with Crippen molar-refractivity contribution in [2.75, 3.05) is 5.73 Å². The maximum Gasteiger partial charge on any atom is 0.260 e. The largest absolute Gasteiger partial charge is 0.433 e. The first-order valence-corrected chi connectivity index (χ1v) is 4.79. The molecule has 0 fully saturated rings. The Kier molecular flexibility index (Phi) is 2.86. The van der Waals surface area contributed by atoms with Crippen molar-refractivity contribution in [3.8, 4) is 11.6 Å². The number of anilines is 1. The first kappa shape index (κ1) is 11.3. The minimum atomic E-state index is -0.805. The lowest BCUT2D eigenvalue weighted by Gasteiger charge is -2.07. The number of nitrogen functional groups attached to an aromatic ring is 1. The van der Waals surface area contributed by atoms with Gasteiger partial charge in [-0.2, -0.15) is 9.37 Å². The van der Waals surface area contributed by atoms with Crippen LogP contribution in [0.15, 0.2) is 24.4 Å². The van der Waals surface area contributed by atoms with E-state index in [1.807, 2.05) is 0 Å². The van der Waals surface area contributed by atoms with Crippen LogP contribution in [-0.2, 0) is 0 Å². The summed E-state index contributed by atoms with van der Waals surface area (Å²) in [5.41, 5.74) is 5.68. The number of aryl methyl sites for hydroxylation is 1. The molecule has 2 aromatic rings. The summed E-state index contributed by atoms with van der Waals surface area (Å²) in [5.74, 6) is -2.03. The SMILES string of the molecule is Cc1cccc(Oc2nc(N)ncc2F)c1F. The predicted molar refractivity (Wildman–Crippen MR) is 57.6 cm³/mol. The second-order valence-corrected chi connectivity index (χ2v) is 3.37. The van der Waals surface area contributed by atoms with Gasteiger partial charge in [0.05, 0.1) is 6.20 Å². The molecule has 0 unspecified atom stereocenters. The quantitative estimate of drug-likeness (QED) is 0.871. The standard InChI is InChI=1S/C11H9F2N3O/c1-6-3-2-4-8(9(6)13)17-10-7(12)5-15-11(14)16-10/h2-5H,1H3,(H2,14,15,16). The van der Waals surface area contributed by atoms with Gasteiger partial charge in [-0.15, -0.1) is 0 Å². The van der Waals surface area contributed by atoms with Crippen molar-refractivity contribution >= 4 is 5.95 Å². The molecular weight excluding hydrogens is 228 g/mol. The number of nitrogens with two attached hydrogens (primary N) is 1. The summed E-state index contributed by atoms with van der Waals surface area (Å²) < 4.78 is 31.9. The molecule has 1 aromatic heterocycles. The molecule has 6 heteroatoms. The number of hydrogen-bond acceptors (Lipinski definition) is 4. The van der Waals surface area contributed by atoms with Crippen LogP contribution in [0, 0.1) is 18.6 Å². The van der Waals surface area contributed by atoms with Crippen LogP contribution in [0.4, 0.5) is 14.7 Å². The smallest absolute Gasteiger partial charge is 0.260 e. The molecule has 4 nitrogen and oxygen atoms in total. The lowest BCUT2D eigenvalue weighted by Crippen LogP contribution is -2.00. The molecule has 2 rings (SSSR count). The number of aromatic nitrogens is 2. The summed E-state index contributed by atoms with van der Waals surface area (Å²) in [7, 11) is 0. The van der Waals surface area contributed by atoms with Crippen LogP contribution in [0.25, 0.3) is 0 Å². The maximum atomic E-state index is 13.6. The van der Waals surface area contributed by atoms with E-state index in [-0.39, 0.29) is 11.7 Å². The molecule has 2 N–H and O–H groups in total. The van der Waals surface area contributed by atoms with E-state index < -0.39 is 17.5 Å². The van der Waals surface area contributed by atoms with E-state index in [9.17, 15) is 8.78 Å². The van der Waals surface area contributed by atoms with Gasteiger partial charge in [0.1, 0.15) is 0 Å². The summed E-state index contributed by atoms with van der Waals surface area (Å²) in [6.07, 6.45) is 0.866. The van der Waals surface area contributed by atoms with Crippen LogP contribution in [-0.4, -0.2) is 9.97 Å². The molecule has 0 amide bonds. The average molecular weight is 237 g/mol. The lowest BCUT2D eigenvalue weighted by molar-refractivity contribution is 0.396. The van der Waals surface area contributed by atoms with Crippen LogP contribution in [0.2, 0.25) is 0 Å². The molecule has 0 aliphatic rings. The van der Waals surface area contributed by atoms with E-state index in [4.69, 9.17) is 10.5 Å². The molecule has 0 saturated carbocycles. The lowest BCUT2D eigenvalue weighted by atomic mass is 10.2. The van der Waals surface area contributed by atoms with Crippen LogP contribution >= 0.6 is 0 Å². The van der Waals surface area contributed by atoms with E-state index in [0.29, 0.717) is 5.56 Å². The third-order valence-corrected chi connectivity index (χ3v) is 2.09. The monoisotopic (exact) mass is 237 g/mol. The molecule has 1 heterocycles. The minimum absolute atomic E-state index is 0.109. The summed E-state index contributed by atoms with van der Waals surface area (Å²) in [5, 5.41) is 0. The zero-order valence-corrected chi connectivity index (χ0v) is 8.95. The Bertz CT molecular complexity index is 560. The highest BCUT2D eigenvalue weighted by molar-refractivity contribution is 5.34. The Morgan fingerprint density at radius 2 is 2.06 bits per heavy atom. The molecule has 0 saturated heterocycles. The molecule has 0 atom stereocenters. The highest BCUT2D eigenvalue weighted by Crippen LogP contribution is 2.26. The Balaban J connectivity index is 2.38. The van der Waals surface area contributed by atoms with Crippen LogP contribution in [0.5, 0.6) is 11.6 Å². The van der Waals surface area contributed by atoms with Crippen LogP contribution in [0.3, 0.4) is 0 Å². The first-order chi connectivity index (χ1) is 8.08. The van der Waals surface area contributed by atoms with Crippen molar-refractivity contribution in [2.45, 2.75) is 6.92 Å². The van der Waals surface area contributed by atoms with E-state index in [2.05, 4.69) is 9.97 Å². The van der Waals surface area contributed by atoms with E-state index >= 15 is 0 Å². The van der Waals surface area contributed by atoms with Crippen molar-refractivity contribution in [2.24, 2.45) is 0 Å². The second-order valence-electron chi connectivity index (χ2n) is 3.37. The number of rotatable bonds is 2. The van der Waals surface area contributed by atoms with Gasteiger partial charge in [0, 0.05) is 0 Å². The predicted octanol–water partition coefficient (Wildman–Crippen LogP) is 2.44. The highest BCUT2D eigenvalue weighted by atomic mass is 19.1. The zero-order valence-electron chi connectivity index (χ0n) is 8.95. The number of hydrogen-bond donors (Lipinski definition) is 1. The van der Waals surface area contributed by atoms with Gasteiger partial charge in [0.2, 0.25) is 11.8 Å². The fraction of sp³-hybridized carbons (Fsp3) is 0.0909. The van der Waals surface area contributed by atoms with Crippen molar-refractivity contribution in [1.82, 2.24) is 9.97 Å². The molecule has 0 aliphatic heterocycles. The zero-order chi connectivity index (χ0) is 12.4. The summed E-state index contributed by atoms with van der Waals surface area (Å²) >= 11 is 0. The molecule has 0 radical (unpaired) electrons. The Hall–Kier alpha value is -2.24. The third kappa shape index (κ3) is 2.30. The molecule has 1 aromatic carbocycles. The number of benzene rings is 1. The van der Waals surface area contributed by atoms with E-state index in [1.165, 1.54) is 6.07 Å². The fourth-order valence-electron chi connectivity index (χ4n) is 1.24. The minimum Gasteiger partial charge on any atom is -0.433 e. The molecule has 0 bridgehead atoms. The van der Waals surface area contributed by atoms with Crippen molar-refractivity contribution in [3.63, 3.8) is 0 Å². The Morgan fingerprint density at radius 1 is 1.29 bits per heavy atom. The summed E-state index contributed by atoms with van der Waals surface area (Å²) in [6.45, 7) is 1.58. The number of ether oxygens (including phenoxy) is 1. The number of nitrogens with zero attached hydrogens (tertiary/aromatic N) is 2. The van der Waals surface area contributed by atoms with Gasteiger partial charge in [-0.05, 0) is 18.6 Å². The van der Waals surface area contributed by atoms with Gasteiger partial charge in [-0.1, -0.05) is 12.1 Å². The average Bonchev–Trinajstić information content (AvgIpc) is 2.30. The van der Waals surface area contributed by atoms with E-state index in [0.717, 1.165) is 6.20 Å². The Labute approximate surface area is 96.1 Å². The van der Waals surface area contributed by atoms with Gasteiger partial charge in [0.25, 0.3) is 5.88 Å². The van der Waals surface area contributed by atoms with E-state index in [1.54, 1.807) is 19.1 Å². The normalized spacial score (nSPS) is 10.3. The molecule has 88 valence electrons. The summed E-state index contributed by atoms with van der Waals surface area (Å²) in [6, 6.07) is 4.54. The third-order valence-electron chi connectivity index (χ3n) is 2.09. The summed E-state index contributed by atoms with van der Waals surface area (Å²) in [4.78, 5) is 6.98. The van der Waals surface area contributed by atoms with Gasteiger partial charge < -0.3 is 10.5 Å². The van der Waals surface area contributed by atoms with Gasteiger partial charge >= 0.3 is 0 Å². The molecule has 0 spiro atoms. The first-order valence-electron chi connectivity index (χ1n) is 4.79. The fourth-order valence-corrected chi connectivity index (χ4v) is 1.24.